The number of halogens is 1. The second kappa shape index (κ2) is 9.00. The van der Waals surface area contributed by atoms with Crippen LogP contribution < -0.4 is 10.7 Å². The lowest BCUT2D eigenvalue weighted by Crippen LogP contribution is -2.43. The van der Waals surface area contributed by atoms with E-state index in [1.165, 1.54) is 6.07 Å². The van der Waals surface area contributed by atoms with Crippen molar-refractivity contribution in [3.05, 3.63) is 80.7 Å². The molecule has 4 rings (SSSR count). The van der Waals surface area contributed by atoms with Gasteiger partial charge in [0.25, 0.3) is 5.91 Å². The summed E-state index contributed by atoms with van der Waals surface area (Å²) in [5, 5.41) is 3.78. The zero-order chi connectivity index (χ0) is 21.1. The van der Waals surface area contributed by atoms with E-state index in [0.717, 1.165) is 24.2 Å². The average molecular weight is 427 g/mol. The number of morpholine rings is 1. The number of hydrogen-bond acceptors (Lipinski definition) is 5. The Bertz CT molecular complexity index is 1110. The molecule has 1 aromatic heterocycles. The highest BCUT2D eigenvalue weighted by molar-refractivity contribution is 6.32. The third kappa shape index (κ3) is 4.41. The van der Waals surface area contributed by atoms with Crippen LogP contribution in [-0.2, 0) is 4.74 Å². The van der Waals surface area contributed by atoms with Crippen LogP contribution in [0.2, 0.25) is 5.02 Å². The molecule has 1 atom stereocenters. The number of rotatable bonds is 5. The van der Waals surface area contributed by atoms with Gasteiger partial charge in [-0.3, -0.25) is 14.5 Å². The first-order valence-corrected chi connectivity index (χ1v) is 10.3. The van der Waals surface area contributed by atoms with E-state index < -0.39 is 5.91 Å². The lowest BCUT2D eigenvalue weighted by molar-refractivity contribution is 0.0161. The molecule has 1 N–H and O–H groups in total. The summed E-state index contributed by atoms with van der Waals surface area (Å²) in [6, 6.07) is 14.5. The molecule has 0 spiro atoms. The molecule has 1 saturated heterocycles. The highest BCUT2D eigenvalue weighted by Crippen LogP contribution is 2.23. The van der Waals surface area contributed by atoms with Gasteiger partial charge in [-0.05, 0) is 30.2 Å². The normalized spacial score (nSPS) is 15.8. The van der Waals surface area contributed by atoms with Gasteiger partial charge in [0.2, 0.25) is 0 Å². The molecule has 1 fully saturated rings. The number of nitrogens with one attached hydrogen (secondary N) is 1. The zero-order valence-electron chi connectivity index (χ0n) is 16.7. The summed E-state index contributed by atoms with van der Waals surface area (Å²) in [5.41, 5.74) is 1.95. The van der Waals surface area contributed by atoms with Gasteiger partial charge in [-0.2, -0.15) is 0 Å². The van der Waals surface area contributed by atoms with Crippen molar-refractivity contribution in [1.29, 1.82) is 0 Å². The van der Waals surface area contributed by atoms with Gasteiger partial charge in [-0.15, -0.1) is 0 Å². The second-order valence-corrected chi connectivity index (χ2v) is 7.76. The topological polar surface area (TPSA) is 71.8 Å². The fraction of sp³-hybridized carbons (Fsp3) is 0.304. The van der Waals surface area contributed by atoms with Crippen LogP contribution in [0.15, 0.2) is 57.7 Å². The van der Waals surface area contributed by atoms with E-state index >= 15 is 0 Å². The van der Waals surface area contributed by atoms with E-state index in [1.54, 1.807) is 12.1 Å². The Morgan fingerprint density at radius 3 is 2.63 bits per heavy atom. The first kappa shape index (κ1) is 20.6. The molecule has 1 aliphatic heterocycles. The van der Waals surface area contributed by atoms with Crippen LogP contribution in [0.5, 0.6) is 0 Å². The van der Waals surface area contributed by atoms with Crippen molar-refractivity contribution in [3.63, 3.8) is 0 Å². The summed E-state index contributed by atoms with van der Waals surface area (Å²) in [7, 11) is 0. The molecule has 3 aromatic rings. The summed E-state index contributed by atoms with van der Waals surface area (Å²) in [5.74, 6) is -0.432. The van der Waals surface area contributed by atoms with Gasteiger partial charge in [0, 0.05) is 30.7 Å². The maximum absolute atomic E-state index is 12.8. The fourth-order valence-corrected chi connectivity index (χ4v) is 3.85. The second-order valence-electron chi connectivity index (χ2n) is 7.36. The molecule has 1 amide bonds. The Labute approximate surface area is 179 Å². The number of nitrogens with zero attached hydrogens (tertiary/aromatic N) is 1. The van der Waals surface area contributed by atoms with Crippen LogP contribution in [0.3, 0.4) is 0 Å². The number of aryl methyl sites for hydroxylation is 1. The summed E-state index contributed by atoms with van der Waals surface area (Å²) in [6.07, 6.45) is 0. The van der Waals surface area contributed by atoms with Crippen molar-refractivity contribution in [2.24, 2.45) is 0 Å². The monoisotopic (exact) mass is 426 g/mol. The Balaban J connectivity index is 1.56. The standard InChI is InChI=1S/C23H23ClN2O4/c1-15-11-21-17(12-18(15)24)20(27)13-22(30-21)23(28)25-14-19(16-5-3-2-4-6-16)26-7-9-29-10-8-26/h2-6,11-13,19H,7-10,14H2,1H3,(H,25,28). The van der Waals surface area contributed by atoms with Crippen molar-refractivity contribution < 1.29 is 13.9 Å². The quantitative estimate of drug-likeness (QED) is 0.675. The smallest absolute Gasteiger partial charge is 0.287 e. The van der Waals surface area contributed by atoms with Crippen LogP contribution in [-0.4, -0.2) is 43.7 Å². The van der Waals surface area contributed by atoms with Crippen LogP contribution in [0.1, 0.15) is 27.7 Å². The van der Waals surface area contributed by atoms with Gasteiger partial charge in [0.05, 0.1) is 24.6 Å². The minimum atomic E-state index is -0.421. The van der Waals surface area contributed by atoms with E-state index in [-0.39, 0.29) is 17.2 Å². The predicted octanol–water partition coefficient (Wildman–Crippen LogP) is 3.56. The van der Waals surface area contributed by atoms with Crippen LogP contribution in [0.4, 0.5) is 0 Å². The Hall–Kier alpha value is -2.67. The SMILES string of the molecule is Cc1cc2oc(C(=O)NCC(c3ccccc3)N3CCOCC3)cc(=O)c2cc1Cl. The average Bonchev–Trinajstić information content (AvgIpc) is 2.76. The van der Waals surface area contributed by atoms with Gasteiger partial charge in [-0.1, -0.05) is 41.9 Å². The van der Waals surface area contributed by atoms with Crippen molar-refractivity contribution in [2.75, 3.05) is 32.8 Å². The minimum absolute atomic E-state index is 0.00674. The Kier molecular flexibility index (Phi) is 6.18. The molecular weight excluding hydrogens is 404 g/mol. The Morgan fingerprint density at radius 2 is 1.90 bits per heavy atom. The maximum Gasteiger partial charge on any atom is 0.287 e. The largest absolute Gasteiger partial charge is 0.451 e. The van der Waals surface area contributed by atoms with Gasteiger partial charge >= 0.3 is 0 Å². The van der Waals surface area contributed by atoms with Crippen LogP contribution in [0, 0.1) is 6.92 Å². The maximum atomic E-state index is 12.8. The molecule has 156 valence electrons. The highest BCUT2D eigenvalue weighted by atomic mass is 35.5. The number of hydrogen-bond donors (Lipinski definition) is 1. The number of benzene rings is 2. The number of carbonyl (C=O) groups is 1. The number of ether oxygens (including phenoxy) is 1. The van der Waals surface area contributed by atoms with E-state index in [9.17, 15) is 9.59 Å². The molecule has 30 heavy (non-hydrogen) atoms. The van der Waals surface area contributed by atoms with Crippen molar-refractivity contribution in [2.45, 2.75) is 13.0 Å². The summed E-state index contributed by atoms with van der Waals surface area (Å²) in [6.45, 7) is 5.13. The summed E-state index contributed by atoms with van der Waals surface area (Å²) >= 11 is 6.11. The predicted molar refractivity (Wildman–Crippen MR) is 116 cm³/mol. The first-order valence-electron chi connectivity index (χ1n) is 9.92. The molecule has 0 aliphatic carbocycles. The molecule has 1 unspecified atom stereocenters. The van der Waals surface area contributed by atoms with Crippen LogP contribution in [0.25, 0.3) is 11.0 Å². The molecule has 2 heterocycles. The van der Waals surface area contributed by atoms with Gasteiger partial charge in [-0.25, -0.2) is 0 Å². The number of amides is 1. The summed E-state index contributed by atoms with van der Waals surface area (Å²) < 4.78 is 11.2. The third-order valence-electron chi connectivity index (χ3n) is 5.36. The summed E-state index contributed by atoms with van der Waals surface area (Å²) in [4.78, 5) is 27.5. The lowest BCUT2D eigenvalue weighted by atomic mass is 10.0. The van der Waals surface area contributed by atoms with Crippen molar-refractivity contribution in [1.82, 2.24) is 10.2 Å². The molecule has 0 bridgehead atoms. The number of carbonyl (C=O) groups excluding carboxylic acids is 1. The Morgan fingerprint density at radius 1 is 1.17 bits per heavy atom. The molecular formula is C23H23ClN2O4. The first-order chi connectivity index (χ1) is 14.5. The third-order valence-corrected chi connectivity index (χ3v) is 5.77. The number of fused-ring (bicyclic) bond motifs is 1. The molecule has 1 aliphatic rings. The van der Waals surface area contributed by atoms with Gasteiger partial charge in [0.15, 0.2) is 11.2 Å². The molecule has 7 heteroatoms. The molecule has 2 aromatic carbocycles. The van der Waals surface area contributed by atoms with Gasteiger partial charge in [0.1, 0.15) is 5.58 Å². The molecule has 0 radical (unpaired) electrons. The fourth-order valence-electron chi connectivity index (χ4n) is 3.69. The van der Waals surface area contributed by atoms with Crippen LogP contribution >= 0.6 is 11.6 Å². The lowest BCUT2D eigenvalue weighted by Gasteiger charge is -2.34. The molecule has 0 saturated carbocycles. The van der Waals surface area contributed by atoms with Crippen molar-refractivity contribution in [3.8, 4) is 0 Å². The van der Waals surface area contributed by atoms with E-state index in [2.05, 4.69) is 22.3 Å². The van der Waals surface area contributed by atoms with Gasteiger partial charge < -0.3 is 14.5 Å². The van der Waals surface area contributed by atoms with Crippen molar-refractivity contribution >= 4 is 28.5 Å². The highest BCUT2D eigenvalue weighted by Gasteiger charge is 2.24. The molecule has 6 nitrogen and oxygen atoms in total. The minimum Gasteiger partial charge on any atom is -0.451 e. The van der Waals surface area contributed by atoms with E-state index in [1.807, 2.05) is 25.1 Å². The zero-order valence-corrected chi connectivity index (χ0v) is 17.4. The van der Waals surface area contributed by atoms with E-state index in [0.29, 0.717) is 35.8 Å². The van der Waals surface area contributed by atoms with E-state index in [4.69, 9.17) is 20.8 Å².